The Morgan fingerprint density at radius 3 is 2.26 bits per heavy atom. The number of benzene rings is 4. The summed E-state index contributed by atoms with van der Waals surface area (Å²) in [5, 5.41) is 14.8. The minimum Gasteiger partial charge on any atom is -0.457 e. The summed E-state index contributed by atoms with van der Waals surface area (Å²) >= 11 is 0. The zero-order valence-electron chi connectivity index (χ0n) is 22.6. The molecule has 4 aromatic rings. The summed E-state index contributed by atoms with van der Waals surface area (Å²) in [5.74, 6) is -1.21. The number of anilines is 1. The van der Waals surface area contributed by atoms with E-state index in [0.29, 0.717) is 28.7 Å². The van der Waals surface area contributed by atoms with E-state index in [4.69, 9.17) is 9.47 Å². The second-order valence-electron chi connectivity index (χ2n) is 10.9. The van der Waals surface area contributed by atoms with Crippen molar-refractivity contribution in [1.29, 1.82) is 0 Å². The van der Waals surface area contributed by atoms with E-state index in [-0.39, 0.29) is 42.7 Å². The molecule has 1 atom stereocenters. The molecular formula is C33H25F4NO5. The van der Waals surface area contributed by atoms with Crippen molar-refractivity contribution >= 4 is 17.6 Å². The van der Waals surface area contributed by atoms with Crippen LogP contribution in [-0.4, -0.2) is 17.0 Å². The van der Waals surface area contributed by atoms with Gasteiger partial charge in [-0.3, -0.25) is 4.79 Å². The molecule has 2 aliphatic rings. The number of ether oxygens (including phenoxy) is 2. The molecule has 10 heteroatoms. The van der Waals surface area contributed by atoms with Crippen molar-refractivity contribution in [3.05, 3.63) is 125 Å². The van der Waals surface area contributed by atoms with Crippen molar-refractivity contribution in [2.75, 3.05) is 5.32 Å². The third-order valence-corrected chi connectivity index (χ3v) is 7.94. The SMILES string of the molecule is O=C1OCc2cc(NC(=O)C(O)(CC3(c4cc(C(F)(F)F)ccc4F)CC3)c3ccc(Oc4ccccc4)cc3)ccc21. The highest BCUT2D eigenvalue weighted by Gasteiger charge is 2.54. The Morgan fingerprint density at radius 1 is 0.907 bits per heavy atom. The van der Waals surface area contributed by atoms with Crippen LogP contribution in [0, 0.1) is 5.82 Å². The van der Waals surface area contributed by atoms with E-state index in [9.17, 15) is 27.9 Å². The monoisotopic (exact) mass is 591 g/mol. The number of alkyl halides is 3. The summed E-state index contributed by atoms with van der Waals surface area (Å²) < 4.78 is 66.4. The summed E-state index contributed by atoms with van der Waals surface area (Å²) in [6.07, 6.45) is -4.53. The summed E-state index contributed by atoms with van der Waals surface area (Å²) in [6, 6.07) is 21.8. The molecule has 1 aliphatic carbocycles. The summed E-state index contributed by atoms with van der Waals surface area (Å²) in [5.41, 5.74) is -3.38. The molecule has 6 rings (SSSR count). The number of fused-ring (bicyclic) bond motifs is 1. The average Bonchev–Trinajstić information content (AvgIpc) is 3.66. The molecule has 0 spiro atoms. The second-order valence-corrected chi connectivity index (χ2v) is 10.9. The van der Waals surface area contributed by atoms with E-state index < -0.39 is 40.4 Å². The molecule has 220 valence electrons. The first-order chi connectivity index (χ1) is 20.5. The number of aliphatic hydroxyl groups is 1. The molecule has 2 N–H and O–H groups in total. The van der Waals surface area contributed by atoms with Gasteiger partial charge >= 0.3 is 12.1 Å². The largest absolute Gasteiger partial charge is 0.457 e. The van der Waals surface area contributed by atoms with Crippen LogP contribution in [0.1, 0.15) is 51.9 Å². The van der Waals surface area contributed by atoms with Crippen LogP contribution in [0.5, 0.6) is 11.5 Å². The van der Waals surface area contributed by atoms with Gasteiger partial charge in [0.05, 0.1) is 11.1 Å². The van der Waals surface area contributed by atoms with Gasteiger partial charge in [-0.1, -0.05) is 30.3 Å². The lowest BCUT2D eigenvalue weighted by Gasteiger charge is -2.32. The maximum atomic E-state index is 15.0. The Labute approximate surface area is 243 Å². The van der Waals surface area contributed by atoms with Gasteiger partial charge in [-0.05, 0) is 91.1 Å². The van der Waals surface area contributed by atoms with Crippen LogP contribution in [0.25, 0.3) is 0 Å². The molecule has 0 saturated heterocycles. The van der Waals surface area contributed by atoms with Gasteiger partial charge in [0.25, 0.3) is 5.91 Å². The maximum Gasteiger partial charge on any atom is 0.416 e. The van der Waals surface area contributed by atoms with E-state index in [1.807, 2.05) is 6.07 Å². The van der Waals surface area contributed by atoms with E-state index in [0.717, 1.165) is 12.1 Å². The third-order valence-electron chi connectivity index (χ3n) is 7.94. The molecule has 1 aliphatic heterocycles. The molecule has 0 aromatic heterocycles. The minimum atomic E-state index is -4.69. The first-order valence-electron chi connectivity index (χ1n) is 13.5. The summed E-state index contributed by atoms with van der Waals surface area (Å²) in [4.78, 5) is 25.7. The van der Waals surface area contributed by atoms with Gasteiger partial charge < -0.3 is 19.9 Å². The van der Waals surface area contributed by atoms with Crippen molar-refractivity contribution in [3.8, 4) is 11.5 Å². The molecular weight excluding hydrogens is 566 g/mol. The van der Waals surface area contributed by atoms with E-state index in [1.54, 1.807) is 42.5 Å². The lowest BCUT2D eigenvalue weighted by molar-refractivity contribution is -0.138. The van der Waals surface area contributed by atoms with Crippen LogP contribution in [-0.2, 0) is 33.3 Å². The van der Waals surface area contributed by atoms with Crippen LogP contribution in [0.15, 0.2) is 91.0 Å². The van der Waals surface area contributed by atoms with Gasteiger partial charge in [0, 0.05) is 16.7 Å². The number of amides is 1. The predicted octanol–water partition coefficient (Wildman–Crippen LogP) is 7.26. The average molecular weight is 592 g/mol. The number of rotatable bonds is 8. The van der Waals surface area contributed by atoms with Crippen molar-refractivity contribution in [1.82, 2.24) is 0 Å². The van der Waals surface area contributed by atoms with Crippen molar-refractivity contribution in [3.63, 3.8) is 0 Å². The second kappa shape index (κ2) is 10.5. The predicted molar refractivity (Wildman–Crippen MR) is 148 cm³/mol. The molecule has 6 nitrogen and oxygen atoms in total. The van der Waals surface area contributed by atoms with Crippen LogP contribution < -0.4 is 10.1 Å². The van der Waals surface area contributed by atoms with Crippen LogP contribution >= 0.6 is 0 Å². The van der Waals surface area contributed by atoms with E-state index >= 15 is 4.39 Å². The Morgan fingerprint density at radius 2 is 1.58 bits per heavy atom. The normalized spacial score (nSPS) is 16.5. The zero-order valence-corrected chi connectivity index (χ0v) is 22.6. The fourth-order valence-electron chi connectivity index (χ4n) is 5.47. The third kappa shape index (κ3) is 5.58. The molecule has 0 radical (unpaired) electrons. The Bertz CT molecular complexity index is 1700. The number of hydrogen-bond donors (Lipinski definition) is 2. The van der Waals surface area contributed by atoms with Crippen LogP contribution in [0.4, 0.5) is 23.2 Å². The number of esters is 1. The molecule has 1 heterocycles. The first kappa shape index (κ1) is 28.4. The van der Waals surface area contributed by atoms with Crippen molar-refractivity contribution in [2.45, 2.75) is 43.1 Å². The number of carbonyl (C=O) groups excluding carboxylic acids is 2. The fourth-order valence-corrected chi connectivity index (χ4v) is 5.47. The zero-order chi connectivity index (χ0) is 30.4. The van der Waals surface area contributed by atoms with Crippen LogP contribution in [0.3, 0.4) is 0 Å². The standard InChI is InChI=1S/C33H25F4NO5/c34-28-13-8-22(33(35,36)37)17-27(28)31(14-15-31)19-32(41,21-6-10-25(11-7-21)43-24-4-2-1-3-5-24)30(40)38-23-9-12-26-20(16-23)18-42-29(26)39/h1-13,16-17,41H,14-15,18-19H2,(H,38,40). The van der Waals surface area contributed by atoms with Gasteiger partial charge in [-0.15, -0.1) is 0 Å². The van der Waals surface area contributed by atoms with Gasteiger partial charge in [0.1, 0.15) is 23.9 Å². The van der Waals surface area contributed by atoms with Crippen LogP contribution in [0.2, 0.25) is 0 Å². The van der Waals surface area contributed by atoms with E-state index in [2.05, 4.69) is 5.32 Å². The smallest absolute Gasteiger partial charge is 0.416 e. The van der Waals surface area contributed by atoms with Crippen molar-refractivity contribution < 1.29 is 41.7 Å². The molecule has 1 unspecified atom stereocenters. The molecule has 43 heavy (non-hydrogen) atoms. The Kier molecular flexibility index (Phi) is 6.96. The lowest BCUT2D eigenvalue weighted by Crippen LogP contribution is -2.43. The number of halogens is 4. The molecule has 1 saturated carbocycles. The molecule has 4 aromatic carbocycles. The number of cyclic esters (lactones) is 1. The highest BCUT2D eigenvalue weighted by Crippen LogP contribution is 2.56. The number of carbonyl (C=O) groups is 2. The fraction of sp³-hybridized carbons (Fsp3) is 0.212. The highest BCUT2D eigenvalue weighted by molar-refractivity contribution is 5.99. The maximum absolute atomic E-state index is 15.0. The summed E-state index contributed by atoms with van der Waals surface area (Å²) in [6.45, 7) is 0.0307. The van der Waals surface area contributed by atoms with E-state index in [1.165, 1.54) is 24.3 Å². The first-order valence-corrected chi connectivity index (χ1v) is 13.5. The quantitative estimate of drug-likeness (QED) is 0.167. The number of para-hydroxylation sites is 1. The van der Waals surface area contributed by atoms with Gasteiger partial charge in [-0.25, -0.2) is 9.18 Å². The minimum absolute atomic E-state index is 0.0307. The van der Waals surface area contributed by atoms with Gasteiger partial charge in [-0.2, -0.15) is 13.2 Å². The molecule has 1 amide bonds. The molecule has 1 fully saturated rings. The van der Waals surface area contributed by atoms with Crippen molar-refractivity contribution in [2.24, 2.45) is 0 Å². The summed E-state index contributed by atoms with van der Waals surface area (Å²) in [7, 11) is 0. The lowest BCUT2D eigenvalue weighted by atomic mass is 9.78. The van der Waals surface area contributed by atoms with Gasteiger partial charge in [0.15, 0.2) is 5.60 Å². The van der Waals surface area contributed by atoms with Gasteiger partial charge in [0.2, 0.25) is 0 Å². The number of hydrogen-bond acceptors (Lipinski definition) is 5. The molecule has 0 bridgehead atoms. The highest BCUT2D eigenvalue weighted by atomic mass is 19.4. The number of nitrogens with one attached hydrogen (secondary N) is 1. The Balaban J connectivity index is 1.35. The Hall–Kier alpha value is -4.70. The topological polar surface area (TPSA) is 84.9 Å².